The zero-order valence-electron chi connectivity index (χ0n) is 16.7. The fourth-order valence-electron chi connectivity index (χ4n) is 4.25. The first-order chi connectivity index (χ1) is 15.1. The monoisotopic (exact) mass is 438 g/mol. The highest BCUT2D eigenvalue weighted by atomic mass is 32.2. The molecule has 0 radical (unpaired) electrons. The van der Waals surface area contributed by atoms with Gasteiger partial charge < -0.3 is 19.7 Å². The van der Waals surface area contributed by atoms with Gasteiger partial charge in [-0.05, 0) is 11.1 Å². The molecule has 2 unspecified atom stereocenters. The Morgan fingerprint density at radius 1 is 1.06 bits per heavy atom. The molecule has 2 aromatic carbocycles. The minimum absolute atomic E-state index is 0.154. The highest BCUT2D eigenvalue weighted by Crippen LogP contribution is 2.54. The van der Waals surface area contributed by atoms with Gasteiger partial charge in [0.05, 0.1) is 24.4 Å². The molecule has 0 aromatic heterocycles. The summed E-state index contributed by atoms with van der Waals surface area (Å²) in [6.07, 6.45) is 0.207. The summed E-state index contributed by atoms with van der Waals surface area (Å²) in [4.78, 5) is 39.9. The van der Waals surface area contributed by atoms with Crippen molar-refractivity contribution in [1.82, 2.24) is 10.2 Å². The predicted octanol–water partition coefficient (Wildman–Crippen LogP) is 1.51. The van der Waals surface area contributed by atoms with E-state index in [0.717, 1.165) is 11.1 Å². The zero-order chi connectivity index (χ0) is 21.4. The molecule has 3 atom stereocenters. The second-order valence-electron chi connectivity index (χ2n) is 8.01. The molecular weight excluding hydrogens is 416 g/mol. The molecule has 3 aliphatic rings. The molecule has 5 rings (SSSR count). The van der Waals surface area contributed by atoms with Crippen molar-refractivity contribution in [1.29, 1.82) is 0 Å². The topological polar surface area (TPSA) is 84.9 Å². The van der Waals surface area contributed by atoms with Crippen LogP contribution in [0.3, 0.4) is 0 Å². The third-order valence-electron chi connectivity index (χ3n) is 5.88. The molecule has 3 aliphatic heterocycles. The highest BCUT2D eigenvalue weighted by molar-refractivity contribution is 8.01. The number of hydrogen-bond donors (Lipinski definition) is 1. The molecule has 0 saturated carbocycles. The van der Waals surface area contributed by atoms with Crippen LogP contribution in [0.15, 0.2) is 60.7 Å². The Balaban J connectivity index is 1.25. The fourth-order valence-corrected chi connectivity index (χ4v) is 6.03. The van der Waals surface area contributed by atoms with E-state index in [1.54, 1.807) is 4.90 Å². The van der Waals surface area contributed by atoms with Crippen molar-refractivity contribution >= 4 is 29.5 Å². The van der Waals surface area contributed by atoms with Crippen LogP contribution in [0.5, 0.6) is 0 Å². The summed E-state index contributed by atoms with van der Waals surface area (Å²) >= 11 is 1.53. The van der Waals surface area contributed by atoms with Crippen molar-refractivity contribution in [2.75, 3.05) is 13.2 Å². The van der Waals surface area contributed by atoms with Crippen molar-refractivity contribution in [2.45, 2.75) is 35.2 Å². The van der Waals surface area contributed by atoms with Crippen LogP contribution >= 0.6 is 11.8 Å². The number of ether oxygens (including phenoxy) is 2. The number of nitrogens with one attached hydrogen (secondary N) is 1. The molecule has 3 heterocycles. The molecule has 2 amide bonds. The molecule has 3 fully saturated rings. The van der Waals surface area contributed by atoms with Gasteiger partial charge in [0.1, 0.15) is 24.1 Å². The number of rotatable bonds is 6. The van der Waals surface area contributed by atoms with Gasteiger partial charge in [-0.25, -0.2) is 4.79 Å². The van der Waals surface area contributed by atoms with Gasteiger partial charge in [-0.1, -0.05) is 60.7 Å². The number of carbonyl (C=O) groups is 3. The average molecular weight is 439 g/mol. The number of hydrogen-bond acceptors (Lipinski definition) is 6. The van der Waals surface area contributed by atoms with Gasteiger partial charge in [0.2, 0.25) is 11.8 Å². The van der Waals surface area contributed by atoms with Crippen molar-refractivity contribution in [2.24, 2.45) is 0 Å². The van der Waals surface area contributed by atoms with Gasteiger partial charge in [-0.2, -0.15) is 0 Å². The molecule has 1 spiro atoms. The predicted molar refractivity (Wildman–Crippen MR) is 114 cm³/mol. The van der Waals surface area contributed by atoms with Crippen LogP contribution in [0.25, 0.3) is 0 Å². The van der Waals surface area contributed by atoms with E-state index >= 15 is 0 Å². The van der Waals surface area contributed by atoms with Crippen LogP contribution in [0, 0.1) is 0 Å². The molecule has 3 saturated heterocycles. The Kier molecular flexibility index (Phi) is 5.19. The van der Waals surface area contributed by atoms with E-state index in [0.29, 0.717) is 13.2 Å². The van der Waals surface area contributed by atoms with Crippen molar-refractivity contribution in [3.63, 3.8) is 0 Å². The number of amides is 2. The molecule has 1 N–H and O–H groups in total. The molecule has 31 heavy (non-hydrogen) atoms. The van der Waals surface area contributed by atoms with Gasteiger partial charge in [0.15, 0.2) is 0 Å². The first-order valence-electron chi connectivity index (χ1n) is 10.2. The van der Waals surface area contributed by atoms with E-state index in [9.17, 15) is 14.4 Å². The number of benzene rings is 2. The summed E-state index contributed by atoms with van der Waals surface area (Å²) in [5.74, 6) is -0.882. The van der Waals surface area contributed by atoms with Gasteiger partial charge >= 0.3 is 5.97 Å². The molecule has 7 nitrogen and oxygen atoms in total. The molecule has 160 valence electrons. The van der Waals surface area contributed by atoms with Gasteiger partial charge in [0, 0.05) is 0 Å². The number of thioether (sulfide) groups is 1. The van der Waals surface area contributed by atoms with E-state index in [4.69, 9.17) is 9.47 Å². The number of fused-ring (bicyclic) bond motifs is 1. The number of β-lactam (4-membered cyclic amide) rings is 1. The molecule has 2 aromatic rings. The van der Waals surface area contributed by atoms with E-state index in [1.165, 1.54) is 11.8 Å². The quantitative estimate of drug-likeness (QED) is 0.544. The Morgan fingerprint density at radius 2 is 1.71 bits per heavy atom. The number of carbonyl (C=O) groups excluding carboxylic acids is 3. The van der Waals surface area contributed by atoms with Crippen LogP contribution < -0.4 is 5.32 Å². The Morgan fingerprint density at radius 3 is 2.32 bits per heavy atom. The van der Waals surface area contributed by atoms with E-state index < -0.39 is 22.8 Å². The third-order valence-corrected chi connectivity index (χ3v) is 7.54. The molecular formula is C23H22N2O5S. The normalized spacial score (nSPS) is 25.4. The standard InChI is InChI=1S/C23H22N2O5S/c26-17(11-15-7-3-1-4-8-15)24-18-20(27)25-19(23(13-29-14-23)31-21(18)25)22(28)30-12-16-9-5-2-6-10-16/h1-10,18-19,21H,11-14H2,(H,24,26)/t18?,19?,21-/m0/s1. The second-order valence-corrected chi connectivity index (χ2v) is 9.55. The van der Waals surface area contributed by atoms with Crippen molar-refractivity contribution < 1.29 is 23.9 Å². The lowest BCUT2D eigenvalue weighted by molar-refractivity contribution is -0.171. The Hall–Kier alpha value is -2.84. The Labute approximate surface area is 184 Å². The SMILES string of the molecule is O=C(Cc1ccccc1)NC1C(=O)N2C(C(=O)OCc3ccccc3)C3(COC3)S[C@@H]12. The minimum Gasteiger partial charge on any atom is -0.459 e. The summed E-state index contributed by atoms with van der Waals surface area (Å²) in [6, 6.07) is 17.5. The maximum absolute atomic E-state index is 13.0. The lowest BCUT2D eigenvalue weighted by Crippen LogP contribution is -2.72. The molecule has 0 aliphatic carbocycles. The van der Waals surface area contributed by atoms with E-state index in [1.807, 2.05) is 60.7 Å². The number of nitrogens with zero attached hydrogens (tertiary/aromatic N) is 1. The van der Waals surface area contributed by atoms with Crippen molar-refractivity contribution in [3.8, 4) is 0 Å². The molecule has 0 bridgehead atoms. The summed E-state index contributed by atoms with van der Waals surface area (Å²) in [7, 11) is 0. The average Bonchev–Trinajstić information content (AvgIpc) is 3.10. The largest absolute Gasteiger partial charge is 0.459 e. The van der Waals surface area contributed by atoms with Gasteiger partial charge in [-0.15, -0.1) is 11.8 Å². The van der Waals surface area contributed by atoms with Crippen LogP contribution in [-0.4, -0.2) is 58.1 Å². The van der Waals surface area contributed by atoms with Gasteiger partial charge in [-0.3, -0.25) is 9.59 Å². The molecule has 8 heteroatoms. The van der Waals surface area contributed by atoms with E-state index in [-0.39, 0.29) is 30.2 Å². The first kappa shape index (κ1) is 20.1. The van der Waals surface area contributed by atoms with Crippen molar-refractivity contribution in [3.05, 3.63) is 71.8 Å². The maximum atomic E-state index is 13.0. The van der Waals surface area contributed by atoms with Crippen LogP contribution in [0.1, 0.15) is 11.1 Å². The van der Waals surface area contributed by atoms with Crippen LogP contribution in [-0.2, 0) is 36.9 Å². The fraction of sp³-hybridized carbons (Fsp3) is 0.348. The summed E-state index contributed by atoms with van der Waals surface area (Å²) in [5.41, 5.74) is 1.77. The lowest BCUT2D eigenvalue weighted by Gasteiger charge is -2.45. The number of esters is 1. The lowest BCUT2D eigenvalue weighted by atomic mass is 9.91. The van der Waals surface area contributed by atoms with E-state index in [2.05, 4.69) is 5.32 Å². The smallest absolute Gasteiger partial charge is 0.330 e. The second kappa shape index (κ2) is 8.01. The summed E-state index contributed by atoms with van der Waals surface area (Å²) in [5, 5.41) is 2.56. The first-order valence-corrected chi connectivity index (χ1v) is 11.1. The summed E-state index contributed by atoms with van der Waals surface area (Å²) < 4.78 is 10.4. The van der Waals surface area contributed by atoms with Crippen LogP contribution in [0.4, 0.5) is 0 Å². The Bertz CT molecular complexity index is 996. The third kappa shape index (κ3) is 3.59. The summed E-state index contributed by atoms with van der Waals surface area (Å²) in [6.45, 7) is 0.920. The maximum Gasteiger partial charge on any atom is 0.330 e. The van der Waals surface area contributed by atoms with Crippen LogP contribution in [0.2, 0.25) is 0 Å². The van der Waals surface area contributed by atoms with Gasteiger partial charge in [0.25, 0.3) is 0 Å². The highest BCUT2D eigenvalue weighted by Gasteiger charge is 2.69. The zero-order valence-corrected chi connectivity index (χ0v) is 17.5. The minimum atomic E-state index is -0.699.